The molecule has 0 radical (unpaired) electrons. The van der Waals surface area contributed by atoms with Gasteiger partial charge >= 0.3 is 0 Å². The summed E-state index contributed by atoms with van der Waals surface area (Å²) in [5.74, 6) is 6.21. The third kappa shape index (κ3) is 2.86. The molecular weight excluding hydrogens is 204 g/mol. The summed E-state index contributed by atoms with van der Waals surface area (Å²) in [5.41, 5.74) is 2.66. The van der Waals surface area contributed by atoms with Gasteiger partial charge in [-0.3, -0.25) is 5.43 Å². The van der Waals surface area contributed by atoms with Crippen LogP contribution < -0.4 is 16.6 Å². The van der Waals surface area contributed by atoms with Crippen molar-refractivity contribution in [2.24, 2.45) is 10.8 Å². The summed E-state index contributed by atoms with van der Waals surface area (Å²) in [5, 5.41) is 3.37. The van der Waals surface area contributed by atoms with E-state index in [0.29, 0.717) is 12.0 Å². The van der Waals surface area contributed by atoms with Gasteiger partial charge in [-0.15, -0.1) is 0 Å². The number of aliphatic imine (C=N–C) groups is 1. The van der Waals surface area contributed by atoms with Crippen LogP contribution >= 0.6 is 0 Å². The van der Waals surface area contributed by atoms with Crippen molar-refractivity contribution in [3.05, 3.63) is 0 Å². The highest BCUT2D eigenvalue weighted by atomic mass is 16.5. The number of hydrazine groups is 1. The molecule has 92 valence electrons. The molecule has 4 N–H and O–H groups in total. The molecule has 0 aromatic rings. The highest BCUT2D eigenvalue weighted by Crippen LogP contribution is 2.18. The van der Waals surface area contributed by atoms with Crippen molar-refractivity contribution in [3.63, 3.8) is 0 Å². The van der Waals surface area contributed by atoms with E-state index in [-0.39, 0.29) is 12.1 Å². The van der Waals surface area contributed by atoms with Gasteiger partial charge in [0.25, 0.3) is 0 Å². The molecule has 0 aromatic heterocycles. The van der Waals surface area contributed by atoms with Crippen molar-refractivity contribution in [2.45, 2.75) is 57.2 Å². The van der Waals surface area contributed by atoms with Gasteiger partial charge in [0.05, 0.1) is 12.1 Å². The Bertz CT molecular complexity index is 250. The van der Waals surface area contributed by atoms with Gasteiger partial charge in [0, 0.05) is 12.6 Å². The van der Waals surface area contributed by atoms with E-state index in [9.17, 15) is 0 Å². The van der Waals surface area contributed by atoms with E-state index >= 15 is 0 Å². The predicted molar refractivity (Wildman–Crippen MR) is 64.0 cm³/mol. The van der Waals surface area contributed by atoms with Crippen molar-refractivity contribution < 1.29 is 4.74 Å². The Hall–Kier alpha value is -0.810. The van der Waals surface area contributed by atoms with Crippen LogP contribution in [0.4, 0.5) is 0 Å². The lowest BCUT2D eigenvalue weighted by Crippen LogP contribution is -2.46. The van der Waals surface area contributed by atoms with E-state index in [1.165, 1.54) is 25.7 Å². The average molecular weight is 226 g/mol. The maximum absolute atomic E-state index is 5.49. The van der Waals surface area contributed by atoms with E-state index in [1.807, 2.05) is 0 Å². The summed E-state index contributed by atoms with van der Waals surface area (Å²) in [6.45, 7) is 2.86. The molecule has 0 spiro atoms. The number of nitrogens with two attached hydrogens (primary N) is 1. The number of hydrogen-bond donors (Lipinski definition) is 3. The number of rotatable bonds is 2. The number of hydrogen-bond acceptors (Lipinski definition) is 3. The minimum Gasteiger partial charge on any atom is -0.376 e. The molecule has 1 aliphatic carbocycles. The van der Waals surface area contributed by atoms with E-state index in [2.05, 4.69) is 22.7 Å². The van der Waals surface area contributed by atoms with Crippen LogP contribution in [0.5, 0.6) is 0 Å². The first-order chi connectivity index (χ1) is 7.79. The zero-order valence-corrected chi connectivity index (χ0v) is 9.91. The van der Waals surface area contributed by atoms with Gasteiger partial charge in [-0.1, -0.05) is 12.8 Å². The molecule has 2 aliphatic rings. The van der Waals surface area contributed by atoms with Crippen LogP contribution in [-0.2, 0) is 4.74 Å². The monoisotopic (exact) mass is 226 g/mol. The van der Waals surface area contributed by atoms with E-state index in [0.717, 1.165) is 13.0 Å². The van der Waals surface area contributed by atoms with Gasteiger partial charge < -0.3 is 10.1 Å². The fourth-order valence-electron chi connectivity index (χ4n) is 2.44. The van der Waals surface area contributed by atoms with E-state index in [1.54, 1.807) is 0 Å². The van der Waals surface area contributed by atoms with E-state index < -0.39 is 0 Å². The number of ether oxygens (including phenoxy) is 1. The normalized spacial score (nSPS) is 32.0. The number of nitrogens with one attached hydrogen (secondary N) is 2. The maximum Gasteiger partial charge on any atom is 0.206 e. The Morgan fingerprint density at radius 1 is 1.31 bits per heavy atom. The summed E-state index contributed by atoms with van der Waals surface area (Å²) < 4.78 is 5.48. The molecule has 2 unspecified atom stereocenters. The lowest BCUT2D eigenvalue weighted by atomic mass is 10.2. The first-order valence-electron chi connectivity index (χ1n) is 6.22. The first-order valence-corrected chi connectivity index (χ1v) is 6.22. The zero-order chi connectivity index (χ0) is 11.4. The van der Waals surface area contributed by atoms with Crippen LogP contribution in [0.1, 0.15) is 39.0 Å². The van der Waals surface area contributed by atoms with Crippen LogP contribution in [0.3, 0.4) is 0 Å². The lowest BCUT2D eigenvalue weighted by molar-refractivity contribution is 0.119. The standard InChI is InChI=1S/C11H22N4O/c1-8-10(6-7-16-8)14-11(15-12)13-9-4-2-3-5-9/h8-10H,2-7,12H2,1H3,(H2,13,14,15). The number of nitrogens with zero attached hydrogens (tertiary/aromatic N) is 1. The third-order valence-corrected chi connectivity index (χ3v) is 3.46. The minimum atomic E-state index is 0.203. The summed E-state index contributed by atoms with van der Waals surface area (Å²) in [4.78, 5) is 4.58. The molecule has 1 saturated heterocycles. The fraction of sp³-hybridized carbons (Fsp3) is 0.909. The van der Waals surface area contributed by atoms with Gasteiger partial charge in [0.1, 0.15) is 0 Å². The molecule has 0 bridgehead atoms. The Balaban J connectivity index is 1.89. The first kappa shape index (κ1) is 11.7. The smallest absolute Gasteiger partial charge is 0.206 e. The maximum atomic E-state index is 5.49. The summed E-state index contributed by atoms with van der Waals surface area (Å²) in [7, 11) is 0. The summed E-state index contributed by atoms with van der Waals surface area (Å²) in [6.07, 6.45) is 6.23. The Kier molecular flexibility index (Phi) is 4.01. The molecule has 16 heavy (non-hydrogen) atoms. The van der Waals surface area contributed by atoms with Gasteiger partial charge in [-0.2, -0.15) is 0 Å². The van der Waals surface area contributed by atoms with Gasteiger partial charge in [0.15, 0.2) is 0 Å². The van der Waals surface area contributed by atoms with Crippen LogP contribution in [0, 0.1) is 0 Å². The largest absolute Gasteiger partial charge is 0.376 e. The molecule has 1 saturated carbocycles. The number of guanidine groups is 1. The SMILES string of the molecule is CC1OCCC1N=C(NN)NC1CCCC1. The topological polar surface area (TPSA) is 71.7 Å². The van der Waals surface area contributed by atoms with Crippen molar-refractivity contribution >= 4 is 5.96 Å². The van der Waals surface area contributed by atoms with Crippen LogP contribution in [0.25, 0.3) is 0 Å². The van der Waals surface area contributed by atoms with Gasteiger partial charge in [-0.25, -0.2) is 10.8 Å². The van der Waals surface area contributed by atoms with Gasteiger partial charge in [0.2, 0.25) is 5.96 Å². The van der Waals surface area contributed by atoms with Crippen LogP contribution in [-0.4, -0.2) is 30.8 Å². The quantitative estimate of drug-likeness (QED) is 0.278. The lowest BCUT2D eigenvalue weighted by Gasteiger charge is -2.17. The average Bonchev–Trinajstić information content (AvgIpc) is 2.90. The molecule has 0 amide bonds. The van der Waals surface area contributed by atoms with Crippen molar-refractivity contribution in [1.82, 2.24) is 10.7 Å². The molecular formula is C11H22N4O. The molecule has 5 heteroatoms. The molecule has 1 heterocycles. The second kappa shape index (κ2) is 5.50. The minimum absolute atomic E-state index is 0.203. The molecule has 2 atom stereocenters. The summed E-state index contributed by atoms with van der Waals surface area (Å²) in [6, 6.07) is 0.771. The molecule has 0 aromatic carbocycles. The third-order valence-electron chi connectivity index (χ3n) is 3.46. The van der Waals surface area contributed by atoms with Crippen LogP contribution in [0.2, 0.25) is 0 Å². The Labute approximate surface area is 96.8 Å². The highest BCUT2D eigenvalue weighted by molar-refractivity contribution is 5.79. The van der Waals surface area contributed by atoms with Crippen molar-refractivity contribution in [1.29, 1.82) is 0 Å². The van der Waals surface area contributed by atoms with Crippen molar-refractivity contribution in [2.75, 3.05) is 6.61 Å². The highest BCUT2D eigenvalue weighted by Gasteiger charge is 2.24. The second-order valence-electron chi connectivity index (χ2n) is 4.68. The second-order valence-corrected chi connectivity index (χ2v) is 4.68. The fourth-order valence-corrected chi connectivity index (χ4v) is 2.44. The van der Waals surface area contributed by atoms with E-state index in [4.69, 9.17) is 10.6 Å². The molecule has 5 nitrogen and oxygen atoms in total. The molecule has 2 fully saturated rings. The van der Waals surface area contributed by atoms with Crippen molar-refractivity contribution in [3.8, 4) is 0 Å². The van der Waals surface area contributed by atoms with Crippen LogP contribution in [0.15, 0.2) is 4.99 Å². The molecule has 1 aliphatic heterocycles. The van der Waals surface area contributed by atoms with Gasteiger partial charge in [-0.05, 0) is 26.2 Å². The zero-order valence-electron chi connectivity index (χ0n) is 9.91. The summed E-state index contributed by atoms with van der Waals surface area (Å²) >= 11 is 0. The molecule has 2 rings (SSSR count). The Morgan fingerprint density at radius 2 is 2.06 bits per heavy atom. The Morgan fingerprint density at radius 3 is 2.62 bits per heavy atom. The predicted octanol–water partition coefficient (Wildman–Crippen LogP) is 0.515.